The van der Waals surface area contributed by atoms with E-state index >= 15 is 0 Å². The number of phenolic OH excluding ortho intramolecular Hbond substituents is 1. The molecule has 0 aliphatic carbocycles. The number of methoxy groups -OCH3 is 1. The lowest BCUT2D eigenvalue weighted by Crippen LogP contribution is -2.36. The first kappa shape index (κ1) is 22.2. The maximum Gasteiger partial charge on any atom is 0.450 e. The van der Waals surface area contributed by atoms with Crippen LogP contribution in [-0.2, 0) is 12.7 Å². The van der Waals surface area contributed by atoms with E-state index in [2.05, 4.69) is 4.90 Å². The minimum atomic E-state index is -4.90. The van der Waals surface area contributed by atoms with Crippen LogP contribution in [0.25, 0.3) is 22.1 Å². The Kier molecular flexibility index (Phi) is 5.90. The molecule has 0 radical (unpaired) electrons. The highest BCUT2D eigenvalue weighted by atomic mass is 19.4. The lowest BCUT2D eigenvalue weighted by atomic mass is 9.99. The lowest BCUT2D eigenvalue weighted by Gasteiger charge is -2.33. The summed E-state index contributed by atoms with van der Waals surface area (Å²) in [5.41, 5.74) is -1.31. The van der Waals surface area contributed by atoms with Gasteiger partial charge in [-0.2, -0.15) is 13.2 Å². The second-order valence-corrected chi connectivity index (χ2v) is 8.12. The number of hydrogen-bond acceptors (Lipinski definition) is 5. The number of alkyl halides is 3. The predicted octanol–water partition coefficient (Wildman–Crippen LogP) is 5.57. The molecule has 3 aromatic rings. The first-order chi connectivity index (χ1) is 15.2. The number of phenols is 1. The van der Waals surface area contributed by atoms with Crippen molar-refractivity contribution >= 4 is 11.0 Å². The summed E-state index contributed by atoms with van der Waals surface area (Å²) in [6.45, 7) is 3.00. The predicted molar refractivity (Wildman–Crippen MR) is 115 cm³/mol. The zero-order valence-corrected chi connectivity index (χ0v) is 17.8. The van der Waals surface area contributed by atoms with Crippen molar-refractivity contribution in [3.05, 3.63) is 57.9 Å². The van der Waals surface area contributed by atoms with Gasteiger partial charge in [-0.05, 0) is 56.1 Å². The molecule has 1 aromatic heterocycles. The summed E-state index contributed by atoms with van der Waals surface area (Å²) >= 11 is 0. The van der Waals surface area contributed by atoms with E-state index in [0.717, 1.165) is 25.8 Å². The number of likely N-dealkylation sites (tertiary alicyclic amines) is 1. The fourth-order valence-corrected chi connectivity index (χ4v) is 4.27. The van der Waals surface area contributed by atoms with Gasteiger partial charge in [0, 0.05) is 12.6 Å². The van der Waals surface area contributed by atoms with Gasteiger partial charge < -0.3 is 14.3 Å². The lowest BCUT2D eigenvalue weighted by molar-refractivity contribution is -0.152. The van der Waals surface area contributed by atoms with E-state index in [-0.39, 0.29) is 40.4 Å². The third-order valence-electron chi connectivity index (χ3n) is 6.08. The summed E-state index contributed by atoms with van der Waals surface area (Å²) in [6, 6.07) is 8.62. The molecule has 5 nitrogen and oxygen atoms in total. The smallest absolute Gasteiger partial charge is 0.450 e. The highest BCUT2D eigenvalue weighted by molar-refractivity contribution is 5.87. The van der Waals surface area contributed by atoms with Crippen molar-refractivity contribution in [3.63, 3.8) is 0 Å². The molecule has 170 valence electrons. The Morgan fingerprint density at radius 3 is 2.50 bits per heavy atom. The molecule has 1 saturated heterocycles. The maximum absolute atomic E-state index is 14.0. The molecule has 0 amide bonds. The molecule has 4 rings (SSSR count). The van der Waals surface area contributed by atoms with Crippen LogP contribution in [0.2, 0.25) is 0 Å². The van der Waals surface area contributed by atoms with E-state index in [4.69, 9.17) is 9.15 Å². The van der Waals surface area contributed by atoms with Crippen molar-refractivity contribution in [1.29, 1.82) is 0 Å². The summed E-state index contributed by atoms with van der Waals surface area (Å²) < 4.78 is 52.5. The number of hydrogen-bond donors (Lipinski definition) is 1. The van der Waals surface area contributed by atoms with Crippen molar-refractivity contribution in [2.24, 2.45) is 0 Å². The van der Waals surface area contributed by atoms with E-state index in [9.17, 15) is 23.1 Å². The number of halogens is 3. The van der Waals surface area contributed by atoms with Crippen LogP contribution in [0, 0.1) is 0 Å². The zero-order chi connectivity index (χ0) is 23.0. The van der Waals surface area contributed by atoms with Crippen LogP contribution in [-0.4, -0.2) is 29.7 Å². The van der Waals surface area contributed by atoms with Gasteiger partial charge in [-0.25, -0.2) is 0 Å². The molecule has 0 spiro atoms. The normalized spacial score (nSPS) is 17.6. The SMILES string of the molecule is COc1ccc(-c2c(C(F)(F)F)oc3c(CN4CCCC[C@H]4C)c(O)ccc3c2=O)cc1. The number of fused-ring (bicyclic) bond motifs is 1. The van der Waals surface area contributed by atoms with Crippen molar-refractivity contribution in [1.82, 2.24) is 4.90 Å². The fraction of sp³-hybridized carbons (Fsp3) is 0.375. The quantitative estimate of drug-likeness (QED) is 0.567. The molecule has 1 aliphatic heterocycles. The molecule has 2 aromatic carbocycles. The van der Waals surface area contributed by atoms with Gasteiger partial charge in [0.25, 0.3) is 0 Å². The average Bonchev–Trinajstić information content (AvgIpc) is 2.76. The molecule has 1 N–H and O–H groups in total. The number of ether oxygens (including phenoxy) is 1. The minimum absolute atomic E-state index is 0.00119. The monoisotopic (exact) mass is 447 g/mol. The number of rotatable bonds is 4. The molecular formula is C24H24F3NO4. The third-order valence-corrected chi connectivity index (χ3v) is 6.08. The number of piperidine rings is 1. The summed E-state index contributed by atoms with van der Waals surface area (Å²) in [4.78, 5) is 15.4. The second kappa shape index (κ2) is 8.50. The van der Waals surface area contributed by atoms with Gasteiger partial charge in [-0.15, -0.1) is 0 Å². The van der Waals surface area contributed by atoms with Gasteiger partial charge >= 0.3 is 6.18 Å². The van der Waals surface area contributed by atoms with Crippen LogP contribution in [0.4, 0.5) is 13.2 Å². The van der Waals surface area contributed by atoms with Crippen molar-refractivity contribution in [2.75, 3.05) is 13.7 Å². The number of nitrogens with zero attached hydrogens (tertiary/aromatic N) is 1. The molecule has 0 saturated carbocycles. The van der Waals surface area contributed by atoms with Gasteiger partial charge in [0.05, 0.1) is 23.6 Å². The van der Waals surface area contributed by atoms with Crippen LogP contribution in [0.5, 0.6) is 11.5 Å². The van der Waals surface area contributed by atoms with Gasteiger partial charge in [-0.3, -0.25) is 9.69 Å². The molecule has 1 fully saturated rings. The van der Waals surface area contributed by atoms with E-state index in [1.165, 1.54) is 43.5 Å². The van der Waals surface area contributed by atoms with Crippen LogP contribution >= 0.6 is 0 Å². The summed E-state index contributed by atoms with van der Waals surface area (Å²) in [6.07, 6.45) is -1.89. The van der Waals surface area contributed by atoms with Crippen LogP contribution in [0.3, 0.4) is 0 Å². The highest BCUT2D eigenvalue weighted by Gasteiger charge is 2.40. The Morgan fingerprint density at radius 2 is 1.88 bits per heavy atom. The van der Waals surface area contributed by atoms with Crippen LogP contribution in [0.1, 0.15) is 37.5 Å². The van der Waals surface area contributed by atoms with Crippen LogP contribution < -0.4 is 10.2 Å². The maximum atomic E-state index is 14.0. The van der Waals surface area contributed by atoms with E-state index in [1.54, 1.807) is 0 Å². The summed E-state index contributed by atoms with van der Waals surface area (Å²) in [5, 5.41) is 10.5. The average molecular weight is 447 g/mol. The van der Waals surface area contributed by atoms with Crippen molar-refractivity contribution in [2.45, 2.75) is 44.9 Å². The van der Waals surface area contributed by atoms with Gasteiger partial charge in [0.15, 0.2) is 0 Å². The molecule has 2 heterocycles. The van der Waals surface area contributed by atoms with E-state index < -0.39 is 22.9 Å². The largest absolute Gasteiger partial charge is 0.507 e. The molecule has 0 bridgehead atoms. The molecule has 0 unspecified atom stereocenters. The number of benzene rings is 2. The van der Waals surface area contributed by atoms with Gasteiger partial charge in [0.2, 0.25) is 11.2 Å². The van der Waals surface area contributed by atoms with E-state index in [1.807, 2.05) is 6.92 Å². The Bertz CT molecular complexity index is 1190. The summed E-state index contributed by atoms with van der Waals surface area (Å²) in [7, 11) is 1.44. The Morgan fingerprint density at radius 1 is 1.16 bits per heavy atom. The summed E-state index contributed by atoms with van der Waals surface area (Å²) in [5.74, 6) is -1.11. The van der Waals surface area contributed by atoms with Gasteiger partial charge in [0.1, 0.15) is 17.1 Å². The van der Waals surface area contributed by atoms with Crippen molar-refractivity contribution < 1.29 is 27.4 Å². The molecule has 1 aliphatic rings. The zero-order valence-electron chi connectivity index (χ0n) is 17.8. The molecule has 32 heavy (non-hydrogen) atoms. The first-order valence-electron chi connectivity index (χ1n) is 10.5. The minimum Gasteiger partial charge on any atom is -0.507 e. The Labute approximate surface area is 183 Å². The second-order valence-electron chi connectivity index (χ2n) is 8.12. The molecular weight excluding hydrogens is 423 g/mol. The van der Waals surface area contributed by atoms with Gasteiger partial charge in [-0.1, -0.05) is 18.6 Å². The number of aromatic hydroxyl groups is 1. The topological polar surface area (TPSA) is 62.9 Å². The van der Waals surface area contributed by atoms with Crippen molar-refractivity contribution in [3.8, 4) is 22.6 Å². The third kappa shape index (κ3) is 4.07. The first-order valence-corrected chi connectivity index (χ1v) is 10.5. The molecule has 8 heteroatoms. The van der Waals surface area contributed by atoms with E-state index in [0.29, 0.717) is 5.75 Å². The Balaban J connectivity index is 1.94. The van der Waals surface area contributed by atoms with Crippen LogP contribution in [0.15, 0.2) is 45.6 Å². The Hall–Kier alpha value is -3.00. The standard InChI is InChI=1S/C24H24F3NO4/c1-14-5-3-4-12-28(14)13-18-19(29)11-10-17-21(30)20(15-6-8-16(31-2)9-7-15)23(24(25,26)27)32-22(17)18/h6-11,14,29H,3-5,12-13H2,1-2H3/t14-/m1/s1. The highest BCUT2D eigenvalue weighted by Crippen LogP contribution is 2.39. The fourth-order valence-electron chi connectivity index (χ4n) is 4.27. The molecule has 1 atom stereocenters.